The molecule has 1 N–H and O–H groups in total. The van der Waals surface area contributed by atoms with Gasteiger partial charge >= 0.3 is 0 Å². The molecule has 0 saturated heterocycles. The molecule has 0 aliphatic rings. The van der Waals surface area contributed by atoms with Crippen LogP contribution in [0.2, 0.25) is 0 Å². The van der Waals surface area contributed by atoms with Crippen molar-refractivity contribution < 1.29 is 4.74 Å². The van der Waals surface area contributed by atoms with E-state index < -0.39 is 0 Å². The smallest absolute Gasteiger partial charge is 0.214 e. The topological polar surface area (TPSA) is 34.1 Å². The van der Waals surface area contributed by atoms with Gasteiger partial charge in [0.25, 0.3) is 0 Å². The molecule has 0 spiro atoms. The molecule has 1 rings (SSSR count). The van der Waals surface area contributed by atoms with Gasteiger partial charge < -0.3 is 10.1 Å². The zero-order valence-corrected chi connectivity index (χ0v) is 11.8. The van der Waals surface area contributed by atoms with Crippen LogP contribution in [0.25, 0.3) is 0 Å². The van der Waals surface area contributed by atoms with Crippen LogP contribution in [0.15, 0.2) is 12.1 Å². The summed E-state index contributed by atoms with van der Waals surface area (Å²) in [4.78, 5) is 4.58. The Morgan fingerprint density at radius 3 is 2.41 bits per heavy atom. The lowest BCUT2D eigenvalue weighted by Crippen LogP contribution is -2.17. The van der Waals surface area contributed by atoms with Crippen LogP contribution >= 0.6 is 0 Å². The Hall–Kier alpha value is -1.09. The van der Waals surface area contributed by atoms with Crippen molar-refractivity contribution in [3.05, 3.63) is 23.4 Å². The Labute approximate surface area is 105 Å². The highest BCUT2D eigenvalue weighted by Crippen LogP contribution is 2.24. The maximum absolute atomic E-state index is 5.70. The van der Waals surface area contributed by atoms with Gasteiger partial charge in [-0.25, -0.2) is 4.98 Å². The largest absolute Gasteiger partial charge is 0.475 e. The molecule has 0 saturated carbocycles. The van der Waals surface area contributed by atoms with E-state index >= 15 is 0 Å². The van der Waals surface area contributed by atoms with E-state index in [4.69, 9.17) is 4.74 Å². The summed E-state index contributed by atoms with van der Waals surface area (Å²) in [5.41, 5.74) is 2.32. The normalized spacial score (nSPS) is 11.9. The highest BCUT2D eigenvalue weighted by atomic mass is 16.5. The molecule has 1 heterocycles. The fourth-order valence-corrected chi connectivity index (χ4v) is 1.55. The summed E-state index contributed by atoms with van der Waals surface area (Å²) in [7, 11) is 1.94. The number of pyridine rings is 1. The zero-order chi connectivity index (χ0) is 13.1. The number of rotatable bonds is 4. The third kappa shape index (κ3) is 4.35. The number of aromatic nitrogens is 1. The lowest BCUT2D eigenvalue weighted by atomic mass is 9.91. The molecule has 0 atom stereocenters. The van der Waals surface area contributed by atoms with Crippen LogP contribution in [0.4, 0.5) is 0 Å². The molecule has 3 heteroatoms. The first-order valence-corrected chi connectivity index (χ1v) is 6.15. The number of nitrogens with zero attached hydrogens (tertiary/aromatic N) is 1. The van der Waals surface area contributed by atoms with Gasteiger partial charge in [-0.15, -0.1) is 0 Å². The first kappa shape index (κ1) is 14.0. The Bertz CT molecular complexity index is 367. The summed E-state index contributed by atoms with van der Waals surface area (Å²) < 4.78 is 5.70. The van der Waals surface area contributed by atoms with Gasteiger partial charge in [0.05, 0.1) is 11.8 Å². The molecular formula is C14H24N2O. The maximum Gasteiger partial charge on any atom is 0.214 e. The average molecular weight is 236 g/mol. The predicted octanol–water partition coefficient (Wildman–Crippen LogP) is 2.89. The van der Waals surface area contributed by atoms with Crippen molar-refractivity contribution in [2.24, 2.45) is 0 Å². The second-order valence-corrected chi connectivity index (χ2v) is 5.65. The summed E-state index contributed by atoms with van der Waals surface area (Å²) in [5.74, 6) is 0.720. The van der Waals surface area contributed by atoms with Crippen LogP contribution in [0, 0.1) is 0 Å². The average Bonchev–Trinajstić information content (AvgIpc) is 2.15. The third-order valence-corrected chi connectivity index (χ3v) is 2.37. The Balaban J connectivity index is 3.09. The lowest BCUT2D eigenvalue weighted by Gasteiger charge is -2.20. The van der Waals surface area contributed by atoms with Crippen LogP contribution in [0.1, 0.15) is 45.9 Å². The van der Waals surface area contributed by atoms with Gasteiger partial charge in [-0.2, -0.15) is 0 Å². The van der Waals surface area contributed by atoms with Crippen molar-refractivity contribution in [3.63, 3.8) is 0 Å². The summed E-state index contributed by atoms with van der Waals surface area (Å²) in [6.45, 7) is 11.4. The van der Waals surface area contributed by atoms with Crippen LogP contribution in [0.5, 0.6) is 5.88 Å². The fourth-order valence-electron chi connectivity index (χ4n) is 1.55. The Morgan fingerprint density at radius 1 is 1.29 bits per heavy atom. The molecular weight excluding hydrogens is 212 g/mol. The van der Waals surface area contributed by atoms with Gasteiger partial charge in [0.1, 0.15) is 0 Å². The van der Waals surface area contributed by atoms with Gasteiger partial charge in [0.15, 0.2) is 0 Å². The van der Waals surface area contributed by atoms with E-state index in [1.54, 1.807) is 0 Å². The Morgan fingerprint density at radius 2 is 1.94 bits per heavy atom. The van der Waals surface area contributed by atoms with Gasteiger partial charge in [-0.3, -0.25) is 0 Å². The van der Waals surface area contributed by atoms with Crippen LogP contribution in [0.3, 0.4) is 0 Å². The van der Waals surface area contributed by atoms with Crippen molar-refractivity contribution >= 4 is 0 Å². The molecule has 1 aromatic rings. The van der Waals surface area contributed by atoms with Crippen molar-refractivity contribution in [3.8, 4) is 5.88 Å². The first-order chi connectivity index (χ1) is 7.82. The number of hydrogen-bond donors (Lipinski definition) is 1. The van der Waals surface area contributed by atoms with Crippen molar-refractivity contribution in [1.82, 2.24) is 10.3 Å². The minimum absolute atomic E-state index is 0.0405. The van der Waals surface area contributed by atoms with Gasteiger partial charge in [-0.05, 0) is 32.5 Å². The molecule has 0 amide bonds. The molecule has 3 nitrogen and oxygen atoms in total. The van der Waals surface area contributed by atoms with E-state index in [9.17, 15) is 0 Å². The number of ether oxygens (including phenoxy) is 1. The molecule has 0 aliphatic carbocycles. The quantitative estimate of drug-likeness (QED) is 0.873. The summed E-state index contributed by atoms with van der Waals surface area (Å²) in [6, 6.07) is 4.15. The first-order valence-electron chi connectivity index (χ1n) is 6.15. The number of hydrogen-bond acceptors (Lipinski definition) is 3. The van der Waals surface area contributed by atoms with Crippen LogP contribution in [-0.2, 0) is 12.0 Å². The highest BCUT2D eigenvalue weighted by molar-refractivity contribution is 5.28. The van der Waals surface area contributed by atoms with E-state index in [1.165, 1.54) is 5.56 Å². The minimum Gasteiger partial charge on any atom is -0.475 e. The summed E-state index contributed by atoms with van der Waals surface area (Å²) >= 11 is 0. The monoisotopic (exact) mass is 236 g/mol. The van der Waals surface area contributed by atoms with Crippen molar-refractivity contribution in [2.45, 2.75) is 52.7 Å². The van der Waals surface area contributed by atoms with Crippen molar-refractivity contribution in [2.75, 3.05) is 7.05 Å². The zero-order valence-electron chi connectivity index (χ0n) is 11.8. The summed E-state index contributed by atoms with van der Waals surface area (Å²) in [5, 5.41) is 3.16. The second-order valence-electron chi connectivity index (χ2n) is 5.65. The van der Waals surface area contributed by atoms with Gasteiger partial charge in [-0.1, -0.05) is 20.8 Å². The standard InChI is InChI=1S/C14H24N2O/c1-10(2)17-13-8-11(9-15-6)7-12(16-13)14(3,4)5/h7-8,10,15H,9H2,1-6H3. The van der Waals surface area contributed by atoms with E-state index in [1.807, 2.05) is 27.0 Å². The predicted molar refractivity (Wildman–Crippen MR) is 71.5 cm³/mol. The van der Waals surface area contributed by atoms with E-state index in [2.05, 4.69) is 37.1 Å². The summed E-state index contributed by atoms with van der Waals surface area (Å²) in [6.07, 6.45) is 0.153. The SMILES string of the molecule is CNCc1cc(OC(C)C)nc(C(C)(C)C)c1. The molecule has 0 fully saturated rings. The molecule has 0 unspecified atom stereocenters. The Kier molecular flexibility index (Phi) is 4.52. The molecule has 0 radical (unpaired) electrons. The van der Waals surface area contributed by atoms with Crippen LogP contribution in [-0.4, -0.2) is 18.1 Å². The minimum atomic E-state index is 0.0405. The maximum atomic E-state index is 5.70. The highest BCUT2D eigenvalue weighted by Gasteiger charge is 2.17. The molecule has 17 heavy (non-hydrogen) atoms. The molecule has 0 aromatic carbocycles. The van der Waals surface area contributed by atoms with Crippen molar-refractivity contribution in [1.29, 1.82) is 0 Å². The van der Waals surface area contributed by atoms with E-state index in [-0.39, 0.29) is 11.5 Å². The fraction of sp³-hybridized carbons (Fsp3) is 0.643. The molecule has 96 valence electrons. The molecule has 0 bridgehead atoms. The third-order valence-electron chi connectivity index (χ3n) is 2.37. The molecule has 1 aromatic heterocycles. The molecule has 0 aliphatic heterocycles. The lowest BCUT2D eigenvalue weighted by molar-refractivity contribution is 0.231. The second kappa shape index (κ2) is 5.50. The van der Waals surface area contributed by atoms with Crippen LogP contribution < -0.4 is 10.1 Å². The van der Waals surface area contributed by atoms with E-state index in [0.717, 1.165) is 18.1 Å². The van der Waals surface area contributed by atoms with Gasteiger partial charge in [0, 0.05) is 18.0 Å². The van der Waals surface area contributed by atoms with Gasteiger partial charge in [0.2, 0.25) is 5.88 Å². The van der Waals surface area contributed by atoms with E-state index in [0.29, 0.717) is 0 Å². The number of nitrogens with one attached hydrogen (secondary N) is 1.